The molecular weight excluding hydrogens is 534 g/mol. The van der Waals surface area contributed by atoms with Crippen LogP contribution in [0.1, 0.15) is 37.9 Å². The van der Waals surface area contributed by atoms with Crippen molar-refractivity contribution in [3.05, 3.63) is 54.2 Å². The molecule has 3 rings (SSSR count). The summed E-state index contributed by atoms with van der Waals surface area (Å²) in [7, 11) is 0. The first-order valence-electron chi connectivity index (χ1n) is 13.1. The molecule has 14 heteroatoms. The van der Waals surface area contributed by atoms with E-state index in [1.54, 1.807) is 6.20 Å². The van der Waals surface area contributed by atoms with Crippen LogP contribution in [0.3, 0.4) is 0 Å². The van der Waals surface area contributed by atoms with Gasteiger partial charge in [0.1, 0.15) is 18.1 Å². The monoisotopic (exact) mass is 569 g/mol. The lowest BCUT2D eigenvalue weighted by Crippen LogP contribution is -2.58. The Bertz CT molecular complexity index is 1370. The van der Waals surface area contributed by atoms with Gasteiger partial charge in [-0.2, -0.15) is 0 Å². The third-order valence-electron chi connectivity index (χ3n) is 6.90. The zero-order valence-corrected chi connectivity index (χ0v) is 22.7. The number of hydrogen-bond acceptors (Lipinski definition) is 7. The lowest BCUT2D eigenvalue weighted by Gasteiger charge is -2.26. The number of para-hydroxylation sites is 1. The predicted octanol–water partition coefficient (Wildman–Crippen LogP) is 0.0633. The largest absolute Gasteiger partial charge is 0.481 e. The molecule has 0 aliphatic rings. The smallest absolute Gasteiger partial charge is 0.326 e. The van der Waals surface area contributed by atoms with Crippen LogP contribution in [0.4, 0.5) is 0 Å². The molecule has 0 bridgehead atoms. The van der Waals surface area contributed by atoms with Crippen molar-refractivity contribution in [2.45, 2.75) is 63.7 Å². The van der Waals surface area contributed by atoms with Crippen molar-refractivity contribution >= 4 is 40.6 Å². The molecule has 220 valence electrons. The highest BCUT2D eigenvalue weighted by atomic mass is 16.4. The first-order chi connectivity index (χ1) is 19.5. The first kappa shape index (κ1) is 30.8. The van der Waals surface area contributed by atoms with Gasteiger partial charge in [0.15, 0.2) is 0 Å². The third-order valence-corrected chi connectivity index (χ3v) is 6.90. The predicted molar refractivity (Wildman–Crippen MR) is 147 cm³/mol. The van der Waals surface area contributed by atoms with Gasteiger partial charge in [0.25, 0.3) is 0 Å². The minimum atomic E-state index is -1.73. The summed E-state index contributed by atoms with van der Waals surface area (Å²) in [5.74, 6) is -5.31. The zero-order chi connectivity index (χ0) is 30.1. The van der Waals surface area contributed by atoms with Gasteiger partial charge in [-0.05, 0) is 17.5 Å². The maximum absolute atomic E-state index is 13.7. The first-order valence-corrected chi connectivity index (χ1v) is 13.1. The number of carbonyl (C=O) groups excluding carboxylic acids is 3. The minimum absolute atomic E-state index is 0.0595. The van der Waals surface area contributed by atoms with Crippen LogP contribution in [0.2, 0.25) is 0 Å². The number of benzene rings is 1. The van der Waals surface area contributed by atoms with E-state index in [1.807, 2.05) is 38.1 Å². The molecule has 5 atom stereocenters. The highest BCUT2D eigenvalue weighted by Crippen LogP contribution is 2.19. The van der Waals surface area contributed by atoms with Gasteiger partial charge in [0, 0.05) is 41.8 Å². The van der Waals surface area contributed by atoms with Crippen LogP contribution in [-0.4, -0.2) is 79.0 Å². The van der Waals surface area contributed by atoms with Crippen molar-refractivity contribution in [1.29, 1.82) is 0 Å². The van der Waals surface area contributed by atoms with Gasteiger partial charge in [0.05, 0.1) is 18.8 Å². The van der Waals surface area contributed by atoms with Crippen molar-refractivity contribution in [2.75, 3.05) is 0 Å². The van der Waals surface area contributed by atoms with Gasteiger partial charge in [-0.3, -0.25) is 19.2 Å². The average Bonchev–Trinajstić information content (AvgIpc) is 3.60. The SMILES string of the molecule is CCC(C)C(N)C(=O)NC(Cc1c[nH]c2ccccc12)C(=O)NC(Cc1cnc[nH]1)C(=O)NC(CC(=O)O)C(=O)O. The standard InChI is InChI=1S/C27H35N7O7/c1-3-14(2)23(28)26(39)33-19(8-15-11-30-18-7-5-4-6-17(15)18)24(37)32-20(9-16-12-29-13-31-16)25(38)34-21(27(40)41)10-22(35)36/h4-7,11-14,19-21,23,30H,3,8-10,28H2,1-2H3,(H,29,31)(H,32,37)(H,33,39)(H,34,38)(H,35,36)(H,40,41). The lowest BCUT2D eigenvalue weighted by molar-refractivity contribution is -0.147. The Balaban J connectivity index is 1.88. The zero-order valence-electron chi connectivity index (χ0n) is 22.7. The summed E-state index contributed by atoms with van der Waals surface area (Å²) in [6.07, 6.45) is 4.24. The molecule has 0 saturated heterocycles. The van der Waals surface area contributed by atoms with Crippen LogP contribution in [0.15, 0.2) is 43.0 Å². The van der Waals surface area contributed by atoms with Gasteiger partial charge in [-0.1, -0.05) is 38.5 Å². The number of carbonyl (C=O) groups is 5. The molecule has 3 aromatic rings. The van der Waals surface area contributed by atoms with Gasteiger partial charge in [0.2, 0.25) is 17.7 Å². The Morgan fingerprint density at radius 2 is 1.56 bits per heavy atom. The number of carboxylic acids is 2. The van der Waals surface area contributed by atoms with E-state index in [9.17, 15) is 29.1 Å². The van der Waals surface area contributed by atoms with E-state index in [4.69, 9.17) is 10.8 Å². The maximum atomic E-state index is 13.7. The number of aromatic amines is 2. The van der Waals surface area contributed by atoms with E-state index >= 15 is 0 Å². The van der Waals surface area contributed by atoms with Gasteiger partial charge >= 0.3 is 11.9 Å². The molecule has 0 spiro atoms. The molecule has 41 heavy (non-hydrogen) atoms. The van der Waals surface area contributed by atoms with E-state index < -0.39 is 60.2 Å². The number of nitrogens with zero attached hydrogens (tertiary/aromatic N) is 1. The molecule has 5 unspecified atom stereocenters. The van der Waals surface area contributed by atoms with Crippen LogP contribution in [0.25, 0.3) is 10.9 Å². The normalized spacial score (nSPS) is 14.8. The molecule has 1 aromatic carbocycles. The molecule has 9 N–H and O–H groups in total. The second-order valence-electron chi connectivity index (χ2n) is 9.88. The number of nitrogens with two attached hydrogens (primary N) is 1. The van der Waals surface area contributed by atoms with Crippen LogP contribution < -0.4 is 21.7 Å². The van der Waals surface area contributed by atoms with Gasteiger partial charge in [-0.25, -0.2) is 9.78 Å². The molecule has 2 aromatic heterocycles. The van der Waals surface area contributed by atoms with Crippen LogP contribution in [0, 0.1) is 5.92 Å². The van der Waals surface area contributed by atoms with Crippen molar-refractivity contribution < 1.29 is 34.2 Å². The number of hydrogen-bond donors (Lipinski definition) is 8. The fraction of sp³-hybridized carbons (Fsp3) is 0.407. The Morgan fingerprint density at radius 1 is 0.927 bits per heavy atom. The van der Waals surface area contributed by atoms with Gasteiger partial charge < -0.3 is 41.9 Å². The Labute approximate surface area is 235 Å². The second-order valence-corrected chi connectivity index (χ2v) is 9.88. The number of amides is 3. The van der Waals surface area contributed by atoms with Crippen molar-refractivity contribution in [2.24, 2.45) is 11.7 Å². The fourth-order valence-corrected chi connectivity index (χ4v) is 4.25. The third kappa shape index (κ3) is 8.38. The van der Waals surface area contributed by atoms with Crippen molar-refractivity contribution in [3.63, 3.8) is 0 Å². The summed E-state index contributed by atoms with van der Waals surface area (Å²) in [6, 6.07) is 2.34. The summed E-state index contributed by atoms with van der Waals surface area (Å²) < 4.78 is 0. The Morgan fingerprint density at radius 3 is 2.17 bits per heavy atom. The average molecular weight is 570 g/mol. The van der Waals surface area contributed by atoms with E-state index in [1.165, 1.54) is 12.5 Å². The number of nitrogens with one attached hydrogen (secondary N) is 5. The highest BCUT2D eigenvalue weighted by Gasteiger charge is 2.32. The molecule has 0 fully saturated rings. The van der Waals surface area contributed by atoms with E-state index in [0.29, 0.717) is 12.1 Å². The maximum Gasteiger partial charge on any atom is 0.326 e. The molecule has 0 aliphatic carbocycles. The van der Waals surface area contributed by atoms with E-state index in [2.05, 4.69) is 30.9 Å². The van der Waals surface area contributed by atoms with Crippen molar-refractivity contribution in [3.8, 4) is 0 Å². The lowest BCUT2D eigenvalue weighted by atomic mass is 9.98. The Kier molecular flexibility index (Phi) is 10.6. The summed E-state index contributed by atoms with van der Waals surface area (Å²) in [6.45, 7) is 3.71. The number of imidazole rings is 1. The molecule has 2 heterocycles. The van der Waals surface area contributed by atoms with E-state index in [0.717, 1.165) is 16.5 Å². The highest BCUT2D eigenvalue weighted by molar-refractivity contribution is 5.95. The van der Waals surface area contributed by atoms with Gasteiger partial charge in [-0.15, -0.1) is 0 Å². The number of aliphatic carboxylic acids is 2. The molecule has 0 radical (unpaired) electrons. The summed E-state index contributed by atoms with van der Waals surface area (Å²) in [5, 5.41) is 26.7. The molecule has 0 saturated carbocycles. The fourth-order valence-electron chi connectivity index (χ4n) is 4.25. The topological polar surface area (TPSA) is 232 Å². The second kappa shape index (κ2) is 14.1. The quantitative estimate of drug-likeness (QED) is 0.123. The van der Waals surface area contributed by atoms with Crippen LogP contribution in [-0.2, 0) is 36.8 Å². The molecule has 0 aliphatic heterocycles. The summed E-state index contributed by atoms with van der Waals surface area (Å²) >= 11 is 0. The Hall–Kier alpha value is -4.72. The summed E-state index contributed by atoms with van der Waals surface area (Å²) in [4.78, 5) is 72.3. The van der Waals surface area contributed by atoms with Crippen molar-refractivity contribution in [1.82, 2.24) is 30.9 Å². The van der Waals surface area contributed by atoms with E-state index in [-0.39, 0.29) is 18.8 Å². The van der Waals surface area contributed by atoms with Crippen LogP contribution >= 0.6 is 0 Å². The van der Waals surface area contributed by atoms with Crippen LogP contribution in [0.5, 0.6) is 0 Å². The minimum Gasteiger partial charge on any atom is -0.481 e. The molecule has 3 amide bonds. The number of aromatic nitrogens is 3. The molecule has 14 nitrogen and oxygen atoms in total. The molecular formula is C27H35N7O7. The number of carboxylic acid groups (broad SMARTS) is 2. The number of rotatable bonds is 15. The number of fused-ring (bicyclic) bond motifs is 1. The summed E-state index contributed by atoms with van der Waals surface area (Å²) in [5.41, 5.74) is 8.14. The number of H-pyrrole nitrogens is 2.